The molecule has 0 saturated carbocycles. The van der Waals surface area contributed by atoms with Crippen molar-refractivity contribution in [3.63, 3.8) is 0 Å². The number of likely N-dealkylation sites (N-methyl/N-ethyl adjacent to an activating group) is 2. The Bertz CT molecular complexity index is 322. The predicted octanol–water partition coefficient (Wildman–Crippen LogP) is 0.849. The number of rotatable bonds is 4. The molecule has 4 heteroatoms. The summed E-state index contributed by atoms with van der Waals surface area (Å²) in [6.07, 6.45) is 0. The van der Waals surface area contributed by atoms with E-state index >= 15 is 0 Å². The van der Waals surface area contributed by atoms with Gasteiger partial charge in [-0.1, -0.05) is 6.07 Å². The zero-order chi connectivity index (χ0) is 11.4. The van der Waals surface area contributed by atoms with Crippen LogP contribution in [0.2, 0.25) is 0 Å². The molecule has 1 aromatic carbocycles. The van der Waals surface area contributed by atoms with E-state index in [0.717, 1.165) is 18.8 Å². The molecular weight excluding hydrogens is 188 g/mol. The fraction of sp³-hybridized carbons (Fsp3) is 0.455. The SMILES string of the molecule is CN(C)CCN(C)c1cccc(N)c1N. The Balaban J connectivity index is 2.73. The lowest BCUT2D eigenvalue weighted by Crippen LogP contribution is -2.29. The Kier molecular flexibility index (Phi) is 3.80. The Morgan fingerprint density at radius 2 is 1.73 bits per heavy atom. The van der Waals surface area contributed by atoms with Crippen LogP contribution in [0, 0.1) is 0 Å². The number of hydrogen-bond acceptors (Lipinski definition) is 4. The third kappa shape index (κ3) is 3.02. The van der Waals surface area contributed by atoms with Gasteiger partial charge in [-0.2, -0.15) is 0 Å². The van der Waals surface area contributed by atoms with E-state index in [9.17, 15) is 0 Å². The molecule has 0 aliphatic heterocycles. The van der Waals surface area contributed by atoms with Gasteiger partial charge in [0.15, 0.2) is 0 Å². The normalized spacial score (nSPS) is 10.7. The molecule has 4 nitrogen and oxygen atoms in total. The highest BCUT2D eigenvalue weighted by Crippen LogP contribution is 2.27. The monoisotopic (exact) mass is 208 g/mol. The number of nitrogens with two attached hydrogens (primary N) is 2. The molecule has 0 atom stereocenters. The van der Waals surface area contributed by atoms with Gasteiger partial charge in [0.2, 0.25) is 0 Å². The topological polar surface area (TPSA) is 58.5 Å². The van der Waals surface area contributed by atoms with E-state index in [0.29, 0.717) is 11.4 Å². The minimum absolute atomic E-state index is 0.643. The molecule has 0 saturated heterocycles. The highest BCUT2D eigenvalue weighted by atomic mass is 15.2. The molecule has 0 heterocycles. The van der Waals surface area contributed by atoms with Crippen molar-refractivity contribution >= 4 is 17.1 Å². The summed E-state index contributed by atoms with van der Waals surface area (Å²) in [5.74, 6) is 0. The van der Waals surface area contributed by atoms with Gasteiger partial charge < -0.3 is 21.3 Å². The summed E-state index contributed by atoms with van der Waals surface area (Å²) in [6, 6.07) is 5.73. The Morgan fingerprint density at radius 1 is 1.07 bits per heavy atom. The van der Waals surface area contributed by atoms with Crippen molar-refractivity contribution in [2.45, 2.75) is 0 Å². The van der Waals surface area contributed by atoms with Crippen molar-refractivity contribution in [2.75, 3.05) is 50.6 Å². The lowest BCUT2D eigenvalue weighted by molar-refractivity contribution is 0.416. The maximum absolute atomic E-state index is 5.91. The van der Waals surface area contributed by atoms with Crippen LogP contribution < -0.4 is 16.4 Å². The maximum atomic E-state index is 5.91. The molecule has 15 heavy (non-hydrogen) atoms. The molecule has 84 valence electrons. The molecule has 0 spiro atoms. The molecule has 0 unspecified atom stereocenters. The second-order valence-corrected chi connectivity index (χ2v) is 4.00. The smallest absolute Gasteiger partial charge is 0.0785 e. The highest BCUT2D eigenvalue weighted by molar-refractivity contribution is 5.79. The molecule has 0 aliphatic rings. The van der Waals surface area contributed by atoms with E-state index in [4.69, 9.17) is 11.5 Å². The standard InChI is InChI=1S/C11H20N4/c1-14(2)7-8-15(3)10-6-4-5-9(12)11(10)13/h4-6H,7-8,12-13H2,1-3H3. The van der Waals surface area contributed by atoms with Crippen LogP contribution in [0.5, 0.6) is 0 Å². The number of para-hydroxylation sites is 1. The van der Waals surface area contributed by atoms with E-state index in [2.05, 4.69) is 23.9 Å². The first-order chi connectivity index (χ1) is 7.02. The van der Waals surface area contributed by atoms with Crippen LogP contribution in [-0.2, 0) is 0 Å². The second kappa shape index (κ2) is 4.89. The minimum Gasteiger partial charge on any atom is -0.397 e. The van der Waals surface area contributed by atoms with Gasteiger partial charge in [-0.25, -0.2) is 0 Å². The van der Waals surface area contributed by atoms with Gasteiger partial charge in [0, 0.05) is 20.1 Å². The van der Waals surface area contributed by atoms with Crippen LogP contribution in [0.15, 0.2) is 18.2 Å². The number of nitrogen functional groups attached to an aromatic ring is 2. The Labute approximate surface area is 91.5 Å². The Morgan fingerprint density at radius 3 is 2.33 bits per heavy atom. The van der Waals surface area contributed by atoms with Gasteiger partial charge in [-0.15, -0.1) is 0 Å². The summed E-state index contributed by atoms with van der Waals surface area (Å²) in [4.78, 5) is 4.25. The fourth-order valence-corrected chi connectivity index (χ4v) is 1.37. The quantitative estimate of drug-likeness (QED) is 0.720. The fourth-order valence-electron chi connectivity index (χ4n) is 1.37. The van der Waals surface area contributed by atoms with Crippen molar-refractivity contribution < 1.29 is 0 Å². The second-order valence-electron chi connectivity index (χ2n) is 4.00. The van der Waals surface area contributed by atoms with Crippen LogP contribution >= 0.6 is 0 Å². The first-order valence-corrected chi connectivity index (χ1v) is 5.02. The van der Waals surface area contributed by atoms with Crippen molar-refractivity contribution in [1.82, 2.24) is 4.90 Å². The van der Waals surface area contributed by atoms with Gasteiger partial charge in [-0.3, -0.25) is 0 Å². The van der Waals surface area contributed by atoms with Crippen molar-refractivity contribution in [2.24, 2.45) is 0 Å². The van der Waals surface area contributed by atoms with E-state index in [1.54, 1.807) is 0 Å². The number of hydrogen-bond donors (Lipinski definition) is 2. The first kappa shape index (κ1) is 11.7. The molecule has 0 aliphatic carbocycles. The molecule has 0 bridgehead atoms. The third-order valence-corrected chi connectivity index (χ3v) is 2.41. The van der Waals surface area contributed by atoms with Gasteiger partial charge in [0.05, 0.1) is 17.1 Å². The molecule has 0 aromatic heterocycles. The van der Waals surface area contributed by atoms with E-state index in [1.165, 1.54) is 0 Å². The number of benzene rings is 1. The minimum atomic E-state index is 0.643. The predicted molar refractivity (Wildman–Crippen MR) is 67.1 cm³/mol. The average Bonchev–Trinajstić information content (AvgIpc) is 2.18. The zero-order valence-corrected chi connectivity index (χ0v) is 9.70. The summed E-state index contributed by atoms with van der Waals surface area (Å²) >= 11 is 0. The molecule has 1 rings (SSSR count). The van der Waals surface area contributed by atoms with E-state index in [1.807, 2.05) is 25.2 Å². The van der Waals surface area contributed by atoms with E-state index < -0.39 is 0 Å². The van der Waals surface area contributed by atoms with Crippen LogP contribution in [0.25, 0.3) is 0 Å². The molecule has 0 amide bonds. The summed E-state index contributed by atoms with van der Waals surface area (Å²) in [7, 11) is 6.13. The molecule has 0 fully saturated rings. The summed E-state index contributed by atoms with van der Waals surface area (Å²) in [5.41, 5.74) is 14.0. The zero-order valence-electron chi connectivity index (χ0n) is 9.70. The van der Waals surface area contributed by atoms with Crippen molar-refractivity contribution in [3.8, 4) is 0 Å². The van der Waals surface area contributed by atoms with Crippen LogP contribution in [0.3, 0.4) is 0 Å². The Hall–Kier alpha value is -1.42. The van der Waals surface area contributed by atoms with Gasteiger partial charge in [0.25, 0.3) is 0 Å². The summed E-state index contributed by atoms with van der Waals surface area (Å²) in [6.45, 7) is 1.92. The van der Waals surface area contributed by atoms with Crippen LogP contribution in [0.4, 0.5) is 17.1 Å². The van der Waals surface area contributed by atoms with Crippen LogP contribution in [0.1, 0.15) is 0 Å². The molecular formula is C11H20N4. The van der Waals surface area contributed by atoms with Crippen LogP contribution in [-0.4, -0.2) is 39.1 Å². The highest BCUT2D eigenvalue weighted by Gasteiger charge is 2.06. The molecule has 4 N–H and O–H groups in total. The van der Waals surface area contributed by atoms with Crippen molar-refractivity contribution in [3.05, 3.63) is 18.2 Å². The van der Waals surface area contributed by atoms with Gasteiger partial charge >= 0.3 is 0 Å². The molecule has 0 radical (unpaired) electrons. The van der Waals surface area contributed by atoms with Gasteiger partial charge in [-0.05, 0) is 26.2 Å². The third-order valence-electron chi connectivity index (χ3n) is 2.41. The average molecular weight is 208 g/mol. The summed E-state index contributed by atoms with van der Waals surface area (Å²) < 4.78 is 0. The van der Waals surface area contributed by atoms with E-state index in [-0.39, 0.29) is 0 Å². The molecule has 1 aromatic rings. The lowest BCUT2D eigenvalue weighted by atomic mass is 10.2. The summed E-state index contributed by atoms with van der Waals surface area (Å²) in [5, 5.41) is 0. The first-order valence-electron chi connectivity index (χ1n) is 5.02. The van der Waals surface area contributed by atoms with Crippen molar-refractivity contribution in [1.29, 1.82) is 0 Å². The number of anilines is 3. The largest absolute Gasteiger partial charge is 0.397 e. The van der Waals surface area contributed by atoms with Gasteiger partial charge in [0.1, 0.15) is 0 Å². The lowest BCUT2D eigenvalue weighted by Gasteiger charge is -2.23. The maximum Gasteiger partial charge on any atom is 0.0785 e. The number of nitrogens with zero attached hydrogens (tertiary/aromatic N) is 2.